The summed E-state index contributed by atoms with van der Waals surface area (Å²) in [6.45, 7) is 0.652. The maximum atomic E-state index is 12.0. The molecule has 0 unspecified atom stereocenters. The van der Waals surface area contributed by atoms with Crippen LogP contribution in [0.4, 0.5) is 0 Å². The summed E-state index contributed by atoms with van der Waals surface area (Å²) in [6, 6.07) is 10.1. The van der Waals surface area contributed by atoms with Gasteiger partial charge in [0.15, 0.2) is 0 Å². The van der Waals surface area contributed by atoms with Gasteiger partial charge in [0.2, 0.25) is 0 Å². The molecule has 2 aromatic heterocycles. The molecule has 0 fully saturated rings. The zero-order valence-corrected chi connectivity index (χ0v) is 11.7. The smallest absolute Gasteiger partial charge is 0.342 e. The molecule has 20 heavy (non-hydrogen) atoms. The van der Waals surface area contributed by atoms with Gasteiger partial charge >= 0.3 is 5.69 Å². The molecule has 0 amide bonds. The zero-order chi connectivity index (χ0) is 13.9. The van der Waals surface area contributed by atoms with Crippen molar-refractivity contribution in [2.24, 2.45) is 7.05 Å². The second-order valence-electron chi connectivity index (χ2n) is 5.05. The molecule has 0 radical (unpaired) electrons. The third-order valence-electron chi connectivity index (χ3n) is 4.02. The van der Waals surface area contributed by atoms with E-state index in [2.05, 4.69) is 21.7 Å². The Morgan fingerprint density at radius 1 is 1.30 bits per heavy atom. The van der Waals surface area contributed by atoms with E-state index in [0.717, 1.165) is 17.8 Å². The van der Waals surface area contributed by atoms with E-state index in [1.54, 1.807) is 10.6 Å². The number of rotatable bonds is 0. The fourth-order valence-electron chi connectivity index (χ4n) is 3.16. The Hall–Kier alpha value is -2.07. The van der Waals surface area contributed by atoms with Crippen LogP contribution in [-0.2, 0) is 20.0 Å². The van der Waals surface area contributed by atoms with Gasteiger partial charge in [-0.25, -0.2) is 4.79 Å². The number of halogens is 1. The fraction of sp³-hybridized carbons (Fsp3) is 0.200. The van der Waals surface area contributed by atoms with Gasteiger partial charge in [0.25, 0.3) is 0 Å². The largest absolute Gasteiger partial charge is 0.349 e. The van der Waals surface area contributed by atoms with Gasteiger partial charge in [0.05, 0.1) is 11.4 Å². The molecule has 0 spiro atoms. The van der Waals surface area contributed by atoms with Gasteiger partial charge in [-0.15, -0.1) is 0 Å². The SMILES string of the molecule is Cn1c2c(c3ccccc31)CCn1c-2cc(Cl)nc1=O. The Labute approximate surface area is 120 Å². The molecule has 0 saturated heterocycles. The molecule has 1 aliphatic rings. The van der Waals surface area contributed by atoms with Gasteiger partial charge in [-0.2, -0.15) is 4.98 Å². The summed E-state index contributed by atoms with van der Waals surface area (Å²) in [7, 11) is 2.02. The van der Waals surface area contributed by atoms with Crippen LogP contribution >= 0.6 is 11.6 Å². The number of para-hydroxylation sites is 1. The molecule has 0 bridgehead atoms. The standard InChI is InChI=1S/C15H12ClN3O/c1-18-11-5-3-2-4-9(11)10-6-7-19-12(14(10)18)8-13(16)17-15(19)20/h2-5,8H,6-7H2,1H3. The first-order valence-electron chi connectivity index (χ1n) is 6.51. The van der Waals surface area contributed by atoms with Crippen LogP contribution in [0.2, 0.25) is 5.15 Å². The van der Waals surface area contributed by atoms with Crippen molar-refractivity contribution < 1.29 is 0 Å². The third kappa shape index (κ3) is 1.42. The van der Waals surface area contributed by atoms with E-state index in [0.29, 0.717) is 6.54 Å². The van der Waals surface area contributed by atoms with Gasteiger partial charge in [0, 0.05) is 30.6 Å². The summed E-state index contributed by atoms with van der Waals surface area (Å²) in [6.07, 6.45) is 0.840. The summed E-state index contributed by atoms with van der Waals surface area (Å²) in [5.41, 5.74) is 4.10. The molecule has 4 rings (SSSR count). The molecule has 3 heterocycles. The second kappa shape index (κ2) is 3.96. The van der Waals surface area contributed by atoms with Crippen LogP contribution in [0, 0.1) is 0 Å². The summed E-state index contributed by atoms with van der Waals surface area (Å²) < 4.78 is 3.83. The van der Waals surface area contributed by atoms with Crippen LogP contribution in [-0.4, -0.2) is 14.1 Å². The van der Waals surface area contributed by atoms with Crippen molar-refractivity contribution in [3.8, 4) is 11.4 Å². The Kier molecular flexibility index (Phi) is 2.32. The molecule has 0 saturated carbocycles. The van der Waals surface area contributed by atoms with Crippen molar-refractivity contribution in [3.63, 3.8) is 0 Å². The predicted molar refractivity (Wildman–Crippen MR) is 79.1 cm³/mol. The first-order valence-corrected chi connectivity index (χ1v) is 6.88. The Bertz CT molecular complexity index is 907. The molecule has 1 aromatic carbocycles. The number of fused-ring (bicyclic) bond motifs is 5. The quantitative estimate of drug-likeness (QED) is 0.596. The zero-order valence-electron chi connectivity index (χ0n) is 10.9. The molecule has 3 aromatic rings. The van der Waals surface area contributed by atoms with E-state index in [4.69, 9.17) is 11.6 Å². The molecular weight excluding hydrogens is 274 g/mol. The van der Waals surface area contributed by atoms with Crippen molar-refractivity contribution in [3.05, 3.63) is 51.5 Å². The van der Waals surface area contributed by atoms with Gasteiger partial charge in [-0.3, -0.25) is 4.57 Å². The average molecular weight is 286 g/mol. The van der Waals surface area contributed by atoms with Crippen molar-refractivity contribution >= 4 is 22.5 Å². The minimum atomic E-state index is -0.275. The van der Waals surface area contributed by atoms with E-state index in [9.17, 15) is 4.79 Å². The number of benzene rings is 1. The lowest BCUT2D eigenvalue weighted by Gasteiger charge is -2.20. The molecule has 0 atom stereocenters. The lowest BCUT2D eigenvalue weighted by Crippen LogP contribution is -2.28. The van der Waals surface area contributed by atoms with Crippen LogP contribution in [0.3, 0.4) is 0 Å². The summed E-state index contributed by atoms with van der Waals surface area (Å²) in [5.74, 6) is 0. The maximum absolute atomic E-state index is 12.0. The number of hydrogen-bond acceptors (Lipinski definition) is 2. The maximum Gasteiger partial charge on any atom is 0.349 e. The van der Waals surface area contributed by atoms with Crippen LogP contribution in [0.5, 0.6) is 0 Å². The lowest BCUT2D eigenvalue weighted by atomic mass is 10.0. The highest BCUT2D eigenvalue weighted by Crippen LogP contribution is 2.36. The molecule has 0 N–H and O–H groups in total. The van der Waals surface area contributed by atoms with Crippen LogP contribution < -0.4 is 5.69 Å². The number of aromatic nitrogens is 3. The van der Waals surface area contributed by atoms with Crippen LogP contribution in [0.25, 0.3) is 22.3 Å². The molecule has 100 valence electrons. The van der Waals surface area contributed by atoms with Crippen LogP contribution in [0.15, 0.2) is 35.1 Å². The van der Waals surface area contributed by atoms with Crippen molar-refractivity contribution in [1.82, 2.24) is 14.1 Å². The van der Waals surface area contributed by atoms with E-state index >= 15 is 0 Å². The molecule has 5 heteroatoms. The van der Waals surface area contributed by atoms with Gasteiger partial charge in [-0.05, 0) is 18.1 Å². The van der Waals surface area contributed by atoms with Crippen molar-refractivity contribution in [1.29, 1.82) is 0 Å². The lowest BCUT2D eigenvalue weighted by molar-refractivity contribution is 0.635. The summed E-state index contributed by atoms with van der Waals surface area (Å²) >= 11 is 5.97. The Balaban J connectivity index is 2.18. The molecule has 0 aliphatic carbocycles. The average Bonchev–Trinajstić information content (AvgIpc) is 2.73. The van der Waals surface area contributed by atoms with Gasteiger partial charge < -0.3 is 4.57 Å². The highest BCUT2D eigenvalue weighted by Gasteiger charge is 2.24. The van der Waals surface area contributed by atoms with E-state index < -0.39 is 0 Å². The molecule has 4 nitrogen and oxygen atoms in total. The Morgan fingerprint density at radius 3 is 2.95 bits per heavy atom. The van der Waals surface area contributed by atoms with Crippen LogP contribution in [0.1, 0.15) is 5.56 Å². The number of hydrogen-bond donors (Lipinski definition) is 0. The van der Waals surface area contributed by atoms with E-state index in [1.807, 2.05) is 19.2 Å². The highest BCUT2D eigenvalue weighted by molar-refractivity contribution is 6.29. The third-order valence-corrected chi connectivity index (χ3v) is 4.21. The van der Waals surface area contributed by atoms with Gasteiger partial charge in [-0.1, -0.05) is 29.8 Å². The fourth-order valence-corrected chi connectivity index (χ4v) is 3.34. The first kappa shape index (κ1) is 11.7. The number of aryl methyl sites for hydroxylation is 2. The molecule has 1 aliphatic heterocycles. The van der Waals surface area contributed by atoms with Crippen molar-refractivity contribution in [2.75, 3.05) is 0 Å². The monoisotopic (exact) mass is 285 g/mol. The summed E-state index contributed by atoms with van der Waals surface area (Å²) in [4.78, 5) is 15.8. The Morgan fingerprint density at radius 2 is 2.10 bits per heavy atom. The second-order valence-corrected chi connectivity index (χ2v) is 5.44. The predicted octanol–water partition coefficient (Wildman–Crippen LogP) is 2.61. The topological polar surface area (TPSA) is 39.8 Å². The first-order chi connectivity index (χ1) is 9.66. The van der Waals surface area contributed by atoms with E-state index in [-0.39, 0.29) is 10.8 Å². The van der Waals surface area contributed by atoms with Crippen molar-refractivity contribution in [2.45, 2.75) is 13.0 Å². The minimum Gasteiger partial charge on any atom is -0.342 e. The van der Waals surface area contributed by atoms with E-state index in [1.165, 1.54) is 16.5 Å². The number of nitrogens with zero attached hydrogens (tertiary/aromatic N) is 3. The molecular formula is C15H12ClN3O. The summed E-state index contributed by atoms with van der Waals surface area (Å²) in [5, 5.41) is 1.50. The normalized spacial score (nSPS) is 13.3. The highest BCUT2D eigenvalue weighted by atomic mass is 35.5. The van der Waals surface area contributed by atoms with Gasteiger partial charge in [0.1, 0.15) is 5.15 Å². The minimum absolute atomic E-state index is 0.249.